The molecule has 1 fully saturated rings. The van der Waals surface area contributed by atoms with Gasteiger partial charge >= 0.3 is 0 Å². The standard InChI is InChI=1S/C23H25N3O4/c1-29-20-11-6-5-10-18(20)22(27)25-12-7-13-26(15-14-25)23(28)19-16-21(30-24-19)17-8-3-2-4-9-17/h2-6,8-11,21H,7,12-16H2,1H3/t21-/m1/s1. The second-order valence-corrected chi connectivity index (χ2v) is 7.39. The van der Waals surface area contributed by atoms with E-state index in [1.807, 2.05) is 42.5 Å². The fourth-order valence-electron chi connectivity index (χ4n) is 3.85. The lowest BCUT2D eigenvalue weighted by atomic mass is 10.0. The summed E-state index contributed by atoms with van der Waals surface area (Å²) >= 11 is 0. The molecule has 156 valence electrons. The minimum atomic E-state index is -0.222. The van der Waals surface area contributed by atoms with Crippen molar-refractivity contribution in [3.05, 3.63) is 65.7 Å². The van der Waals surface area contributed by atoms with Crippen molar-refractivity contribution in [2.24, 2.45) is 5.16 Å². The Balaban J connectivity index is 1.37. The van der Waals surface area contributed by atoms with Crippen molar-refractivity contribution < 1.29 is 19.2 Å². The summed E-state index contributed by atoms with van der Waals surface area (Å²) in [4.78, 5) is 35.0. The Kier molecular flexibility index (Phi) is 5.97. The Morgan fingerprint density at radius 1 is 0.933 bits per heavy atom. The number of hydrogen-bond acceptors (Lipinski definition) is 5. The lowest BCUT2D eigenvalue weighted by Crippen LogP contribution is -2.40. The predicted octanol–water partition coefficient (Wildman–Crippen LogP) is 2.89. The molecule has 2 aliphatic heterocycles. The van der Waals surface area contributed by atoms with Crippen molar-refractivity contribution in [3.8, 4) is 5.75 Å². The number of nitrogens with zero attached hydrogens (tertiary/aromatic N) is 3. The van der Waals surface area contributed by atoms with Crippen molar-refractivity contribution >= 4 is 17.5 Å². The fourth-order valence-corrected chi connectivity index (χ4v) is 3.85. The molecule has 30 heavy (non-hydrogen) atoms. The van der Waals surface area contributed by atoms with E-state index in [0.717, 1.165) is 5.56 Å². The van der Waals surface area contributed by atoms with Gasteiger partial charge in [-0.15, -0.1) is 0 Å². The van der Waals surface area contributed by atoms with Gasteiger partial charge in [-0.2, -0.15) is 0 Å². The van der Waals surface area contributed by atoms with E-state index in [-0.39, 0.29) is 17.9 Å². The van der Waals surface area contributed by atoms with Crippen molar-refractivity contribution in [2.45, 2.75) is 18.9 Å². The van der Waals surface area contributed by atoms with Crippen LogP contribution in [-0.4, -0.2) is 60.6 Å². The van der Waals surface area contributed by atoms with Crippen molar-refractivity contribution in [1.29, 1.82) is 0 Å². The molecule has 0 bridgehead atoms. The van der Waals surface area contributed by atoms with Crippen LogP contribution in [0.2, 0.25) is 0 Å². The van der Waals surface area contributed by atoms with Crippen molar-refractivity contribution in [1.82, 2.24) is 9.80 Å². The molecule has 0 aromatic heterocycles. The average molecular weight is 407 g/mol. The number of ether oxygens (including phenoxy) is 1. The van der Waals surface area contributed by atoms with Gasteiger partial charge in [0.05, 0.1) is 12.7 Å². The molecular formula is C23H25N3O4. The number of para-hydroxylation sites is 1. The molecule has 2 aromatic carbocycles. The molecule has 2 aliphatic rings. The molecule has 1 saturated heterocycles. The Morgan fingerprint density at radius 3 is 2.33 bits per heavy atom. The maximum absolute atomic E-state index is 13.0. The van der Waals surface area contributed by atoms with Crippen LogP contribution in [0.15, 0.2) is 59.8 Å². The highest BCUT2D eigenvalue weighted by atomic mass is 16.6. The third-order valence-corrected chi connectivity index (χ3v) is 5.49. The maximum Gasteiger partial charge on any atom is 0.271 e. The Labute approximate surface area is 175 Å². The Bertz CT molecular complexity index is 944. The summed E-state index contributed by atoms with van der Waals surface area (Å²) in [6.45, 7) is 2.12. The highest BCUT2D eigenvalue weighted by Gasteiger charge is 2.32. The van der Waals surface area contributed by atoms with Gasteiger partial charge in [-0.25, -0.2) is 0 Å². The van der Waals surface area contributed by atoms with Crippen LogP contribution in [0.25, 0.3) is 0 Å². The first-order chi connectivity index (χ1) is 14.7. The van der Waals surface area contributed by atoms with Gasteiger partial charge in [0.1, 0.15) is 11.5 Å². The van der Waals surface area contributed by atoms with E-state index < -0.39 is 0 Å². The van der Waals surface area contributed by atoms with Gasteiger partial charge < -0.3 is 19.4 Å². The number of carbonyl (C=O) groups excluding carboxylic acids is 2. The summed E-state index contributed by atoms with van der Waals surface area (Å²) in [5.74, 6) is 0.372. The zero-order valence-corrected chi connectivity index (χ0v) is 17.0. The van der Waals surface area contributed by atoms with Gasteiger partial charge in [0, 0.05) is 32.6 Å². The van der Waals surface area contributed by atoms with E-state index in [2.05, 4.69) is 5.16 Å². The molecule has 4 rings (SSSR count). The normalized spacial score (nSPS) is 19.0. The van der Waals surface area contributed by atoms with Gasteiger partial charge in [-0.05, 0) is 24.1 Å². The molecule has 0 unspecified atom stereocenters. The molecular weight excluding hydrogens is 382 g/mol. The third kappa shape index (κ3) is 4.15. The van der Waals surface area contributed by atoms with Crippen molar-refractivity contribution in [2.75, 3.05) is 33.3 Å². The molecule has 2 heterocycles. The molecule has 0 aliphatic carbocycles. The zero-order chi connectivity index (χ0) is 20.9. The number of carbonyl (C=O) groups is 2. The number of benzene rings is 2. The zero-order valence-electron chi connectivity index (χ0n) is 17.0. The lowest BCUT2D eigenvalue weighted by Gasteiger charge is -2.22. The smallest absolute Gasteiger partial charge is 0.271 e. The monoisotopic (exact) mass is 407 g/mol. The molecule has 0 N–H and O–H groups in total. The maximum atomic E-state index is 13.0. The third-order valence-electron chi connectivity index (χ3n) is 5.49. The number of hydrogen-bond donors (Lipinski definition) is 0. The van der Waals surface area contributed by atoms with Crippen molar-refractivity contribution in [3.63, 3.8) is 0 Å². The molecule has 1 atom stereocenters. The van der Waals surface area contributed by atoms with Gasteiger partial charge in [-0.3, -0.25) is 9.59 Å². The molecule has 2 amide bonds. The number of rotatable bonds is 4. The first-order valence-corrected chi connectivity index (χ1v) is 10.2. The number of oxime groups is 1. The van der Waals surface area contributed by atoms with E-state index in [0.29, 0.717) is 56.0 Å². The largest absolute Gasteiger partial charge is 0.496 e. The fraction of sp³-hybridized carbons (Fsp3) is 0.348. The first kappa shape index (κ1) is 19.9. The summed E-state index contributed by atoms with van der Waals surface area (Å²) in [6.07, 6.45) is 0.951. The molecule has 0 spiro atoms. The van der Waals surface area contributed by atoms with Gasteiger partial charge in [0.15, 0.2) is 6.10 Å². The Hall–Kier alpha value is -3.35. The average Bonchev–Trinajstić information content (AvgIpc) is 3.17. The van der Waals surface area contributed by atoms with E-state index in [1.165, 1.54) is 0 Å². The summed E-state index contributed by atoms with van der Waals surface area (Å²) in [5, 5.41) is 4.05. The van der Waals surface area contributed by atoms with Crippen LogP contribution in [0.1, 0.15) is 34.9 Å². The quantitative estimate of drug-likeness (QED) is 0.781. The van der Waals surface area contributed by atoms with E-state index in [9.17, 15) is 9.59 Å². The van der Waals surface area contributed by atoms with Crippen LogP contribution in [0.4, 0.5) is 0 Å². The SMILES string of the molecule is COc1ccccc1C(=O)N1CCCN(C(=O)C2=NO[C@@H](c3ccccc3)C2)CC1. The highest BCUT2D eigenvalue weighted by Crippen LogP contribution is 2.28. The summed E-state index contributed by atoms with van der Waals surface area (Å²) in [7, 11) is 1.56. The van der Waals surface area contributed by atoms with Crippen LogP contribution in [0.5, 0.6) is 5.75 Å². The molecule has 7 nitrogen and oxygen atoms in total. The predicted molar refractivity (Wildman–Crippen MR) is 112 cm³/mol. The van der Waals surface area contributed by atoms with Crippen LogP contribution in [0.3, 0.4) is 0 Å². The summed E-state index contributed by atoms with van der Waals surface area (Å²) in [5.41, 5.74) is 1.99. The van der Waals surface area contributed by atoms with Gasteiger partial charge in [0.25, 0.3) is 11.8 Å². The van der Waals surface area contributed by atoms with Crippen LogP contribution in [0, 0.1) is 0 Å². The molecule has 2 aromatic rings. The molecule has 0 saturated carbocycles. The van der Waals surface area contributed by atoms with Gasteiger partial charge in [-0.1, -0.05) is 47.6 Å². The number of amides is 2. The minimum Gasteiger partial charge on any atom is -0.496 e. The first-order valence-electron chi connectivity index (χ1n) is 10.2. The minimum absolute atomic E-state index is 0.0765. The van der Waals surface area contributed by atoms with E-state index in [1.54, 1.807) is 29.0 Å². The lowest BCUT2D eigenvalue weighted by molar-refractivity contribution is -0.124. The van der Waals surface area contributed by atoms with Gasteiger partial charge in [0.2, 0.25) is 0 Å². The van der Waals surface area contributed by atoms with Crippen LogP contribution < -0.4 is 4.74 Å². The second-order valence-electron chi connectivity index (χ2n) is 7.39. The number of methoxy groups -OCH3 is 1. The Morgan fingerprint density at radius 2 is 1.60 bits per heavy atom. The highest BCUT2D eigenvalue weighted by molar-refractivity contribution is 6.39. The topological polar surface area (TPSA) is 71.4 Å². The summed E-state index contributed by atoms with van der Waals surface area (Å²) < 4.78 is 5.32. The van der Waals surface area contributed by atoms with E-state index in [4.69, 9.17) is 9.57 Å². The summed E-state index contributed by atoms with van der Waals surface area (Å²) in [6, 6.07) is 17.0. The molecule has 0 radical (unpaired) electrons. The van der Waals surface area contributed by atoms with Crippen LogP contribution in [-0.2, 0) is 9.63 Å². The van der Waals surface area contributed by atoms with Crippen LogP contribution >= 0.6 is 0 Å². The molecule has 7 heteroatoms. The van der Waals surface area contributed by atoms with E-state index >= 15 is 0 Å². The second kappa shape index (κ2) is 8.98.